The van der Waals surface area contributed by atoms with Gasteiger partial charge in [0, 0.05) is 29.9 Å². The molecule has 0 saturated carbocycles. The summed E-state index contributed by atoms with van der Waals surface area (Å²) in [4.78, 5) is 15.2. The van der Waals surface area contributed by atoms with Crippen LogP contribution in [0.15, 0.2) is 46.9 Å². The Morgan fingerprint density at radius 2 is 1.81 bits per heavy atom. The minimum absolute atomic E-state index is 0.115. The molecule has 1 amide bonds. The highest BCUT2D eigenvalue weighted by atomic mass is 79.9. The SMILES string of the molecule is COc1cc2c(C(=O)N3CCCC3)c(C)n(-c3ccccc3)c2cc1Br. The van der Waals surface area contributed by atoms with Gasteiger partial charge in [-0.05, 0) is 60.0 Å². The van der Waals surface area contributed by atoms with E-state index in [9.17, 15) is 4.79 Å². The number of likely N-dealkylation sites (tertiary alicyclic amines) is 1. The first kappa shape index (κ1) is 17.2. The molecule has 5 heteroatoms. The monoisotopic (exact) mass is 412 g/mol. The summed E-state index contributed by atoms with van der Waals surface area (Å²) in [6, 6.07) is 14.2. The molecule has 0 bridgehead atoms. The van der Waals surface area contributed by atoms with E-state index in [0.717, 1.165) is 64.0 Å². The van der Waals surface area contributed by atoms with Crippen LogP contribution >= 0.6 is 15.9 Å². The quantitative estimate of drug-likeness (QED) is 0.609. The van der Waals surface area contributed by atoms with Crippen molar-refractivity contribution in [3.63, 3.8) is 0 Å². The highest BCUT2D eigenvalue weighted by molar-refractivity contribution is 9.10. The first-order valence-corrected chi connectivity index (χ1v) is 9.64. The minimum Gasteiger partial charge on any atom is -0.496 e. The van der Waals surface area contributed by atoms with Crippen LogP contribution < -0.4 is 4.74 Å². The van der Waals surface area contributed by atoms with Crippen molar-refractivity contribution in [1.82, 2.24) is 9.47 Å². The number of methoxy groups -OCH3 is 1. The fraction of sp³-hybridized carbons (Fsp3) is 0.286. The van der Waals surface area contributed by atoms with Gasteiger partial charge < -0.3 is 14.2 Å². The zero-order valence-corrected chi connectivity index (χ0v) is 16.5. The Morgan fingerprint density at radius 1 is 1.12 bits per heavy atom. The van der Waals surface area contributed by atoms with E-state index in [0.29, 0.717) is 0 Å². The summed E-state index contributed by atoms with van der Waals surface area (Å²) in [6.07, 6.45) is 2.16. The first-order valence-electron chi connectivity index (χ1n) is 8.85. The Kier molecular flexibility index (Phi) is 4.49. The van der Waals surface area contributed by atoms with Crippen LogP contribution in [0.4, 0.5) is 0 Å². The molecule has 0 spiro atoms. The van der Waals surface area contributed by atoms with Crippen LogP contribution in [0.5, 0.6) is 5.75 Å². The third-order valence-corrected chi connectivity index (χ3v) is 5.72. The van der Waals surface area contributed by atoms with Gasteiger partial charge in [0.15, 0.2) is 0 Å². The van der Waals surface area contributed by atoms with Gasteiger partial charge in [-0.15, -0.1) is 0 Å². The Balaban J connectivity index is 2.01. The van der Waals surface area contributed by atoms with Crippen molar-refractivity contribution in [3.05, 3.63) is 58.2 Å². The van der Waals surface area contributed by atoms with Gasteiger partial charge >= 0.3 is 0 Å². The van der Waals surface area contributed by atoms with Gasteiger partial charge in [-0.25, -0.2) is 0 Å². The molecule has 1 saturated heterocycles. The molecule has 0 aliphatic carbocycles. The lowest BCUT2D eigenvalue weighted by atomic mass is 10.1. The number of hydrogen-bond acceptors (Lipinski definition) is 2. The van der Waals surface area contributed by atoms with Crippen LogP contribution in [0.2, 0.25) is 0 Å². The van der Waals surface area contributed by atoms with Gasteiger partial charge in [-0.2, -0.15) is 0 Å². The fourth-order valence-corrected chi connectivity index (χ4v) is 4.32. The number of aromatic nitrogens is 1. The maximum atomic E-state index is 13.3. The Morgan fingerprint density at radius 3 is 2.46 bits per heavy atom. The highest BCUT2D eigenvalue weighted by Crippen LogP contribution is 2.37. The molecule has 2 aromatic carbocycles. The van der Waals surface area contributed by atoms with Crippen LogP contribution in [0, 0.1) is 6.92 Å². The molecule has 1 fully saturated rings. The second-order valence-corrected chi connectivity index (χ2v) is 7.49. The summed E-state index contributed by atoms with van der Waals surface area (Å²) >= 11 is 3.59. The van der Waals surface area contributed by atoms with E-state index in [1.807, 2.05) is 42.2 Å². The molecule has 26 heavy (non-hydrogen) atoms. The van der Waals surface area contributed by atoms with Gasteiger partial charge in [0.05, 0.1) is 22.7 Å². The van der Waals surface area contributed by atoms with Crippen molar-refractivity contribution < 1.29 is 9.53 Å². The summed E-state index contributed by atoms with van der Waals surface area (Å²) in [5.41, 5.74) is 3.79. The Labute approximate surface area is 161 Å². The summed E-state index contributed by atoms with van der Waals surface area (Å²) in [6.45, 7) is 3.70. The predicted molar refractivity (Wildman–Crippen MR) is 107 cm³/mol. The zero-order chi connectivity index (χ0) is 18.3. The van der Waals surface area contributed by atoms with Crippen molar-refractivity contribution in [2.75, 3.05) is 20.2 Å². The smallest absolute Gasteiger partial charge is 0.256 e. The second-order valence-electron chi connectivity index (χ2n) is 6.63. The summed E-state index contributed by atoms with van der Waals surface area (Å²) in [5, 5.41) is 0.934. The van der Waals surface area contributed by atoms with E-state index >= 15 is 0 Å². The third kappa shape index (κ3) is 2.71. The van der Waals surface area contributed by atoms with E-state index in [2.05, 4.69) is 32.6 Å². The number of hydrogen-bond donors (Lipinski definition) is 0. The number of carbonyl (C=O) groups is 1. The Hall–Kier alpha value is -2.27. The summed E-state index contributed by atoms with van der Waals surface area (Å²) < 4.78 is 8.52. The van der Waals surface area contributed by atoms with Gasteiger partial charge in [-0.3, -0.25) is 4.79 Å². The number of ether oxygens (including phenoxy) is 1. The largest absolute Gasteiger partial charge is 0.496 e. The Bertz CT molecular complexity index is 973. The van der Waals surface area contributed by atoms with Crippen molar-refractivity contribution >= 4 is 32.7 Å². The average Bonchev–Trinajstić information content (AvgIpc) is 3.27. The number of rotatable bonds is 3. The maximum absolute atomic E-state index is 13.3. The molecule has 0 N–H and O–H groups in total. The fourth-order valence-electron chi connectivity index (χ4n) is 3.83. The number of fused-ring (bicyclic) bond motifs is 1. The van der Waals surface area contributed by atoms with Crippen LogP contribution in [-0.4, -0.2) is 35.6 Å². The molecule has 134 valence electrons. The number of halogens is 1. The number of amides is 1. The molecule has 1 aromatic heterocycles. The molecular formula is C21H21BrN2O2. The zero-order valence-electron chi connectivity index (χ0n) is 15.0. The van der Waals surface area contributed by atoms with E-state index in [1.54, 1.807) is 7.11 Å². The first-order chi connectivity index (χ1) is 12.6. The average molecular weight is 413 g/mol. The van der Waals surface area contributed by atoms with E-state index < -0.39 is 0 Å². The van der Waals surface area contributed by atoms with Crippen LogP contribution in [0.1, 0.15) is 28.9 Å². The van der Waals surface area contributed by atoms with Crippen LogP contribution in [0.25, 0.3) is 16.6 Å². The number of carbonyl (C=O) groups excluding carboxylic acids is 1. The lowest BCUT2D eigenvalue weighted by Gasteiger charge is -2.16. The molecule has 0 atom stereocenters. The molecule has 2 heterocycles. The molecular weight excluding hydrogens is 392 g/mol. The predicted octanol–water partition coefficient (Wildman–Crippen LogP) is 4.95. The standard InChI is InChI=1S/C21H21BrN2O2/c1-14-20(21(25)23-10-6-7-11-23)16-12-19(26-2)17(22)13-18(16)24(14)15-8-4-3-5-9-15/h3-5,8-9,12-13H,6-7,10-11H2,1-2H3. The normalized spacial score (nSPS) is 14.2. The highest BCUT2D eigenvalue weighted by Gasteiger charge is 2.27. The second kappa shape index (κ2) is 6.80. The minimum atomic E-state index is 0.115. The lowest BCUT2D eigenvalue weighted by molar-refractivity contribution is 0.0794. The van der Waals surface area contributed by atoms with Crippen molar-refractivity contribution in [2.45, 2.75) is 19.8 Å². The van der Waals surface area contributed by atoms with Crippen molar-refractivity contribution in [3.8, 4) is 11.4 Å². The van der Waals surface area contributed by atoms with Gasteiger partial charge in [0.1, 0.15) is 5.75 Å². The third-order valence-electron chi connectivity index (χ3n) is 5.10. The van der Waals surface area contributed by atoms with Crippen molar-refractivity contribution in [1.29, 1.82) is 0 Å². The molecule has 4 nitrogen and oxygen atoms in total. The maximum Gasteiger partial charge on any atom is 0.256 e. The molecule has 4 rings (SSSR count). The van der Waals surface area contributed by atoms with E-state index in [-0.39, 0.29) is 5.91 Å². The van der Waals surface area contributed by atoms with E-state index in [4.69, 9.17) is 4.74 Å². The number of nitrogens with zero attached hydrogens (tertiary/aromatic N) is 2. The van der Waals surface area contributed by atoms with E-state index in [1.165, 1.54) is 0 Å². The van der Waals surface area contributed by atoms with Gasteiger partial charge in [-0.1, -0.05) is 18.2 Å². The molecule has 3 aromatic rings. The lowest BCUT2D eigenvalue weighted by Crippen LogP contribution is -2.28. The summed E-state index contributed by atoms with van der Waals surface area (Å²) in [5.74, 6) is 0.849. The van der Waals surface area contributed by atoms with Gasteiger partial charge in [0.2, 0.25) is 0 Å². The van der Waals surface area contributed by atoms with Gasteiger partial charge in [0.25, 0.3) is 5.91 Å². The molecule has 1 aliphatic heterocycles. The van der Waals surface area contributed by atoms with Crippen LogP contribution in [-0.2, 0) is 0 Å². The number of benzene rings is 2. The van der Waals surface area contributed by atoms with Crippen LogP contribution in [0.3, 0.4) is 0 Å². The van der Waals surface area contributed by atoms with Crippen molar-refractivity contribution in [2.24, 2.45) is 0 Å². The number of para-hydroxylation sites is 1. The molecule has 0 radical (unpaired) electrons. The molecule has 1 aliphatic rings. The topological polar surface area (TPSA) is 34.5 Å². The molecule has 0 unspecified atom stereocenters. The summed E-state index contributed by atoms with van der Waals surface area (Å²) in [7, 11) is 1.65.